The average Bonchev–Trinajstić information content (AvgIpc) is 2.84. The molecule has 0 bridgehead atoms. The Hall–Kier alpha value is -2.72. The van der Waals surface area contributed by atoms with Crippen molar-refractivity contribution in [3.05, 3.63) is 39.8 Å². The molecule has 0 aromatic heterocycles. The van der Waals surface area contributed by atoms with Crippen LogP contribution in [0.4, 0.5) is 18.9 Å². The van der Waals surface area contributed by atoms with Crippen molar-refractivity contribution >= 4 is 11.6 Å². The molecule has 0 radical (unpaired) electrons. The highest BCUT2D eigenvalue weighted by molar-refractivity contribution is 5.96. The van der Waals surface area contributed by atoms with Crippen molar-refractivity contribution in [3.8, 4) is 6.07 Å². The molecule has 1 aromatic rings. The van der Waals surface area contributed by atoms with E-state index in [-0.39, 0.29) is 36.7 Å². The largest absolute Gasteiger partial charge is 0.418 e. The van der Waals surface area contributed by atoms with E-state index in [0.717, 1.165) is 17.0 Å². The van der Waals surface area contributed by atoms with Gasteiger partial charge in [-0.3, -0.25) is 4.79 Å². The van der Waals surface area contributed by atoms with E-state index in [0.29, 0.717) is 0 Å². The van der Waals surface area contributed by atoms with Gasteiger partial charge in [0.1, 0.15) is 0 Å². The van der Waals surface area contributed by atoms with Gasteiger partial charge < -0.3 is 4.90 Å². The Morgan fingerprint density at radius 3 is 2.82 bits per heavy atom. The van der Waals surface area contributed by atoms with E-state index >= 15 is 0 Å². The molecule has 0 aliphatic carbocycles. The second kappa shape index (κ2) is 5.95. The molecule has 1 fully saturated rings. The lowest BCUT2D eigenvalue weighted by Crippen LogP contribution is -2.27. The summed E-state index contributed by atoms with van der Waals surface area (Å²) in [4.78, 5) is 15.6. The summed E-state index contributed by atoms with van der Waals surface area (Å²) in [5, 5.41) is 12.1. The predicted octanol–water partition coefficient (Wildman–Crippen LogP) is 3.24. The number of azide groups is 1. The van der Waals surface area contributed by atoms with Crippen molar-refractivity contribution in [2.45, 2.75) is 12.6 Å². The van der Waals surface area contributed by atoms with E-state index in [1.165, 1.54) is 6.07 Å². The lowest BCUT2D eigenvalue weighted by atomic mass is 10.1. The summed E-state index contributed by atoms with van der Waals surface area (Å²) in [5.74, 6) is -0.784. The Bertz CT molecular complexity index is 688. The van der Waals surface area contributed by atoms with Crippen molar-refractivity contribution < 1.29 is 18.0 Å². The molecule has 114 valence electrons. The first kappa shape index (κ1) is 15.7. The molecule has 1 amide bonds. The Labute approximate surface area is 123 Å². The first-order valence-corrected chi connectivity index (χ1v) is 6.29. The smallest absolute Gasteiger partial charge is 0.312 e. The summed E-state index contributed by atoms with van der Waals surface area (Å²) in [6, 6.07) is 4.73. The first-order chi connectivity index (χ1) is 10.4. The molecule has 0 N–H and O–H groups in total. The van der Waals surface area contributed by atoms with Crippen molar-refractivity contribution in [3.63, 3.8) is 0 Å². The van der Waals surface area contributed by atoms with E-state index in [9.17, 15) is 18.0 Å². The van der Waals surface area contributed by atoms with Gasteiger partial charge in [-0.2, -0.15) is 18.4 Å². The van der Waals surface area contributed by atoms with Gasteiger partial charge in [-0.25, -0.2) is 0 Å². The van der Waals surface area contributed by atoms with Gasteiger partial charge >= 0.3 is 6.18 Å². The summed E-state index contributed by atoms with van der Waals surface area (Å²) in [6.45, 7) is 0.100. The second-order valence-electron chi connectivity index (χ2n) is 4.83. The minimum absolute atomic E-state index is 0.0241. The third-order valence-electron chi connectivity index (χ3n) is 3.33. The topological polar surface area (TPSA) is 92.9 Å². The van der Waals surface area contributed by atoms with Crippen LogP contribution in [0.2, 0.25) is 0 Å². The normalized spacial score (nSPS) is 18.0. The highest BCUT2D eigenvalue weighted by Gasteiger charge is 2.39. The quantitative estimate of drug-likeness (QED) is 0.487. The molecule has 9 heteroatoms. The summed E-state index contributed by atoms with van der Waals surface area (Å²) in [7, 11) is 0. The van der Waals surface area contributed by atoms with E-state index in [4.69, 9.17) is 10.8 Å². The molecule has 1 unspecified atom stereocenters. The van der Waals surface area contributed by atoms with Crippen LogP contribution < -0.4 is 4.90 Å². The van der Waals surface area contributed by atoms with Crippen LogP contribution in [-0.4, -0.2) is 19.0 Å². The van der Waals surface area contributed by atoms with Gasteiger partial charge in [-0.15, -0.1) is 0 Å². The predicted molar refractivity (Wildman–Crippen MR) is 70.6 cm³/mol. The number of hydrogen-bond donors (Lipinski definition) is 0. The third-order valence-corrected chi connectivity index (χ3v) is 3.33. The molecule has 1 aliphatic rings. The van der Waals surface area contributed by atoms with Gasteiger partial charge in [0.05, 0.1) is 22.9 Å². The highest BCUT2D eigenvalue weighted by Crippen LogP contribution is 2.39. The first-order valence-electron chi connectivity index (χ1n) is 6.29. The van der Waals surface area contributed by atoms with Gasteiger partial charge in [0.15, 0.2) is 0 Å². The fourth-order valence-electron chi connectivity index (χ4n) is 2.36. The minimum atomic E-state index is -4.68. The molecule has 0 spiro atoms. The molecule has 1 aliphatic heterocycles. The fraction of sp³-hybridized carbons (Fsp3) is 0.385. The number of halogens is 3. The highest BCUT2D eigenvalue weighted by atomic mass is 19.4. The van der Waals surface area contributed by atoms with Crippen LogP contribution in [0.5, 0.6) is 0 Å². The summed E-state index contributed by atoms with van der Waals surface area (Å²) >= 11 is 0. The molecule has 1 atom stereocenters. The summed E-state index contributed by atoms with van der Waals surface area (Å²) in [6.07, 6.45) is -4.65. The van der Waals surface area contributed by atoms with Gasteiger partial charge in [0, 0.05) is 24.4 Å². The number of rotatable bonds is 3. The number of alkyl halides is 3. The summed E-state index contributed by atoms with van der Waals surface area (Å²) in [5.41, 5.74) is 6.83. The Morgan fingerprint density at radius 1 is 1.50 bits per heavy atom. The van der Waals surface area contributed by atoms with Crippen LogP contribution in [0.3, 0.4) is 0 Å². The number of anilines is 1. The molecular formula is C13H10F3N5O. The maximum atomic E-state index is 13.1. The molecular weight excluding hydrogens is 299 g/mol. The van der Waals surface area contributed by atoms with Crippen molar-refractivity contribution in [1.82, 2.24) is 0 Å². The lowest BCUT2D eigenvalue weighted by molar-refractivity contribution is -0.137. The zero-order chi connectivity index (χ0) is 16.3. The van der Waals surface area contributed by atoms with Crippen molar-refractivity contribution in [2.75, 3.05) is 18.0 Å². The van der Waals surface area contributed by atoms with Crippen LogP contribution in [0.1, 0.15) is 17.5 Å². The number of nitrogens with zero attached hydrogens (tertiary/aromatic N) is 5. The van der Waals surface area contributed by atoms with Crippen LogP contribution in [0.15, 0.2) is 23.3 Å². The molecule has 0 saturated carbocycles. The van der Waals surface area contributed by atoms with E-state index in [2.05, 4.69) is 10.0 Å². The number of carbonyl (C=O) groups excluding carboxylic acids is 1. The number of hydrogen-bond acceptors (Lipinski definition) is 3. The molecule has 1 aromatic carbocycles. The number of benzene rings is 1. The Balaban J connectivity index is 2.38. The molecule has 6 nitrogen and oxygen atoms in total. The molecule has 22 heavy (non-hydrogen) atoms. The average molecular weight is 309 g/mol. The van der Waals surface area contributed by atoms with E-state index < -0.39 is 17.6 Å². The Morgan fingerprint density at radius 2 is 2.23 bits per heavy atom. The van der Waals surface area contributed by atoms with Gasteiger partial charge in [-0.05, 0) is 29.6 Å². The zero-order valence-corrected chi connectivity index (χ0v) is 11.2. The minimum Gasteiger partial charge on any atom is -0.312 e. The SMILES string of the molecule is N#Cc1ccc(N2CC(CN=[N+]=[N-])CC2=O)c(C(F)(F)F)c1. The maximum Gasteiger partial charge on any atom is 0.418 e. The van der Waals surface area contributed by atoms with E-state index in [1.54, 1.807) is 6.07 Å². The van der Waals surface area contributed by atoms with Crippen LogP contribution >= 0.6 is 0 Å². The number of carbonyl (C=O) groups is 1. The Kier molecular flexibility index (Phi) is 4.24. The van der Waals surface area contributed by atoms with Gasteiger partial charge in [-0.1, -0.05) is 5.11 Å². The fourth-order valence-corrected chi connectivity index (χ4v) is 2.36. The number of nitriles is 1. The maximum absolute atomic E-state index is 13.1. The van der Waals surface area contributed by atoms with Gasteiger partial charge in [0.25, 0.3) is 0 Å². The lowest BCUT2D eigenvalue weighted by Gasteiger charge is -2.21. The van der Waals surface area contributed by atoms with Crippen molar-refractivity contribution in [1.29, 1.82) is 5.26 Å². The molecule has 1 saturated heterocycles. The van der Waals surface area contributed by atoms with E-state index in [1.807, 2.05) is 0 Å². The van der Waals surface area contributed by atoms with Crippen LogP contribution in [0.25, 0.3) is 10.4 Å². The monoisotopic (exact) mass is 309 g/mol. The third kappa shape index (κ3) is 3.13. The second-order valence-corrected chi connectivity index (χ2v) is 4.83. The molecule has 1 heterocycles. The zero-order valence-electron chi connectivity index (χ0n) is 11.2. The number of amides is 1. The van der Waals surface area contributed by atoms with Gasteiger partial charge in [0.2, 0.25) is 5.91 Å². The summed E-state index contributed by atoms with van der Waals surface area (Å²) < 4.78 is 39.4. The molecule has 2 rings (SSSR count). The standard InChI is InChI=1S/C13H10F3N5O/c14-13(15,16)10-3-8(5-17)1-2-11(10)21-7-9(4-12(21)22)6-19-20-18/h1-3,9H,4,6-7H2. The van der Waals surface area contributed by atoms with Crippen LogP contribution in [-0.2, 0) is 11.0 Å². The van der Waals surface area contributed by atoms with Crippen LogP contribution in [0, 0.1) is 17.2 Å². The van der Waals surface area contributed by atoms with Crippen molar-refractivity contribution in [2.24, 2.45) is 11.0 Å².